The largest absolute Gasteiger partial charge is 0.446 e. The summed E-state index contributed by atoms with van der Waals surface area (Å²) in [5, 5.41) is 2.04. The maximum atomic E-state index is 11.5. The summed E-state index contributed by atoms with van der Waals surface area (Å²) in [6.45, 7) is 0. The third-order valence-electron chi connectivity index (χ3n) is 4.69. The zero-order chi connectivity index (χ0) is 20.9. The topological polar surface area (TPSA) is 119 Å². The lowest BCUT2D eigenvalue weighted by Gasteiger charge is -2.13. The molecule has 0 fully saturated rings. The summed E-state index contributed by atoms with van der Waals surface area (Å²) >= 11 is 0.218. The van der Waals surface area contributed by atoms with Crippen molar-refractivity contribution >= 4 is 66.3 Å². The Morgan fingerprint density at radius 1 is 0.733 bits per heavy atom. The second-order valence-corrected chi connectivity index (χ2v) is 7.81. The third-order valence-corrected chi connectivity index (χ3v) is 5.31. The summed E-state index contributed by atoms with van der Waals surface area (Å²) in [4.78, 5) is 9.21. The van der Waals surface area contributed by atoms with Crippen LogP contribution in [0.4, 0.5) is 0 Å². The van der Waals surface area contributed by atoms with Gasteiger partial charge in [0, 0.05) is 21.5 Å². The average molecular weight is 440 g/mol. The van der Waals surface area contributed by atoms with Crippen LogP contribution in [-0.2, 0) is 10.4 Å². The number of aromatic nitrogens is 2. The molecule has 30 heavy (non-hydrogen) atoms. The maximum Gasteiger partial charge on any atom is 0.446 e. The molecule has 0 aliphatic carbocycles. The summed E-state index contributed by atoms with van der Waals surface area (Å²) in [7, 11) is -4.77. The predicted molar refractivity (Wildman–Crippen MR) is 115 cm³/mol. The number of nitrogens with zero attached hydrogens (tertiary/aromatic N) is 2. The van der Waals surface area contributed by atoms with Gasteiger partial charge in [-0.2, -0.15) is 8.42 Å². The third kappa shape index (κ3) is 3.15. The smallest absolute Gasteiger partial charge is 0.399 e. The van der Waals surface area contributed by atoms with E-state index in [2.05, 4.69) is 9.97 Å². The van der Waals surface area contributed by atoms with Crippen LogP contribution in [-0.4, -0.2) is 27.5 Å². The van der Waals surface area contributed by atoms with Gasteiger partial charge in [0.2, 0.25) is 12.3 Å². The van der Waals surface area contributed by atoms with E-state index in [1.165, 1.54) is 0 Å². The first-order valence-corrected chi connectivity index (χ1v) is 10.7. The van der Waals surface area contributed by atoms with E-state index in [-0.39, 0.29) is 18.1 Å². The first kappa shape index (κ1) is 18.8. The monoisotopic (exact) mass is 440 g/mol. The molecule has 150 valence electrons. The fourth-order valence-electron chi connectivity index (χ4n) is 3.52. The molecule has 2 N–H and O–H groups in total. The molecule has 5 aromatic rings. The van der Waals surface area contributed by atoms with Gasteiger partial charge in [-0.05, 0) is 36.4 Å². The van der Waals surface area contributed by atoms with E-state index in [1.807, 2.05) is 18.2 Å². The molecule has 0 aliphatic rings. The molecule has 2 aromatic heterocycles. The van der Waals surface area contributed by atoms with Gasteiger partial charge in [0.1, 0.15) is 0 Å². The van der Waals surface area contributed by atoms with E-state index in [1.54, 1.807) is 42.5 Å². The van der Waals surface area contributed by atoms with Crippen LogP contribution >= 0.6 is 12.3 Å². The Labute approximate surface area is 174 Å². The Bertz CT molecular complexity index is 1570. The second-order valence-electron chi connectivity index (χ2n) is 6.47. The summed E-state index contributed by atoms with van der Waals surface area (Å²) in [6.07, 6.45) is 0. The molecule has 0 spiro atoms. The number of hydrogen-bond donors (Lipinski definition) is 2. The summed E-state index contributed by atoms with van der Waals surface area (Å²) in [5.41, 5.74) is 1.99. The number of hydrogen-bond acceptors (Lipinski definition) is 8. The van der Waals surface area contributed by atoms with Gasteiger partial charge in [-0.3, -0.25) is 9.11 Å². The van der Waals surface area contributed by atoms with E-state index >= 15 is 0 Å². The van der Waals surface area contributed by atoms with Crippen molar-refractivity contribution < 1.29 is 25.9 Å². The SMILES string of the molecule is O=S(=O)(O)Oc1c2ccccc2nc2cc3c(OSO)c4ccccc4nc3cc12. The van der Waals surface area contributed by atoms with E-state index in [0.29, 0.717) is 49.4 Å². The number of fused-ring (bicyclic) bond motifs is 4. The van der Waals surface area contributed by atoms with Gasteiger partial charge in [0.25, 0.3) is 0 Å². The van der Waals surface area contributed by atoms with Gasteiger partial charge < -0.3 is 8.37 Å². The van der Waals surface area contributed by atoms with Crippen LogP contribution < -0.4 is 8.37 Å². The molecule has 0 amide bonds. The summed E-state index contributed by atoms with van der Waals surface area (Å²) in [5.74, 6) is 0.353. The first-order valence-electron chi connectivity index (χ1n) is 8.64. The summed E-state index contributed by atoms with van der Waals surface area (Å²) in [6, 6.07) is 17.4. The highest BCUT2D eigenvalue weighted by atomic mass is 32.3. The van der Waals surface area contributed by atoms with E-state index in [9.17, 15) is 17.5 Å². The normalized spacial score (nSPS) is 12.1. The quantitative estimate of drug-likeness (QED) is 0.231. The van der Waals surface area contributed by atoms with Crippen molar-refractivity contribution in [3.05, 3.63) is 60.7 Å². The number of rotatable bonds is 4. The lowest BCUT2D eigenvalue weighted by molar-refractivity contribution is 0.390. The molecular formula is C20H12N2O6S2. The van der Waals surface area contributed by atoms with Crippen molar-refractivity contribution in [3.8, 4) is 11.5 Å². The van der Waals surface area contributed by atoms with Gasteiger partial charge in [-0.25, -0.2) is 9.97 Å². The minimum atomic E-state index is -4.77. The Kier molecular flexibility index (Phi) is 4.36. The molecule has 0 saturated heterocycles. The van der Waals surface area contributed by atoms with Crippen LogP contribution in [0.25, 0.3) is 43.6 Å². The van der Waals surface area contributed by atoms with Gasteiger partial charge >= 0.3 is 10.4 Å². The molecule has 0 aliphatic heterocycles. The highest BCUT2D eigenvalue weighted by Gasteiger charge is 2.19. The van der Waals surface area contributed by atoms with Crippen molar-refractivity contribution in [3.63, 3.8) is 0 Å². The van der Waals surface area contributed by atoms with Gasteiger partial charge in [0.05, 0.1) is 22.1 Å². The molecule has 0 unspecified atom stereocenters. The molecule has 0 bridgehead atoms. The lowest BCUT2D eigenvalue weighted by atomic mass is 10.0. The predicted octanol–water partition coefficient (Wildman–Crippen LogP) is 4.77. The van der Waals surface area contributed by atoms with E-state index < -0.39 is 10.4 Å². The number of benzene rings is 3. The minimum absolute atomic E-state index is 0.0473. The Hall–Kier alpha value is -3.18. The van der Waals surface area contributed by atoms with E-state index in [4.69, 9.17) is 8.37 Å². The fraction of sp³-hybridized carbons (Fsp3) is 0. The maximum absolute atomic E-state index is 11.5. The van der Waals surface area contributed by atoms with Crippen LogP contribution in [0.5, 0.6) is 11.5 Å². The molecule has 0 atom stereocenters. The zero-order valence-corrected chi connectivity index (χ0v) is 16.6. The molecule has 0 radical (unpaired) electrons. The molecule has 0 saturated carbocycles. The average Bonchev–Trinajstić information content (AvgIpc) is 2.72. The van der Waals surface area contributed by atoms with Gasteiger partial charge in [-0.15, -0.1) is 0 Å². The van der Waals surface area contributed by atoms with Crippen LogP contribution in [0.1, 0.15) is 0 Å². The standard InChI is InChI=1S/C20H12N2O6S2/c23-29-27-19-11-5-1-3-7-15(11)21-17-10-14-18(9-13(17)19)22-16-8-4-2-6-12(16)20(14)28-30(24,25)26/h1-10,23H,(H,24,25,26). The number of para-hydroxylation sites is 2. The molecule has 8 nitrogen and oxygen atoms in total. The molecule has 3 aromatic carbocycles. The Morgan fingerprint density at radius 3 is 1.77 bits per heavy atom. The lowest BCUT2D eigenvalue weighted by Crippen LogP contribution is -2.08. The minimum Gasteiger partial charge on any atom is -0.399 e. The van der Waals surface area contributed by atoms with Crippen molar-refractivity contribution in [1.82, 2.24) is 9.97 Å². The van der Waals surface area contributed by atoms with Crippen molar-refractivity contribution in [2.45, 2.75) is 0 Å². The zero-order valence-electron chi connectivity index (χ0n) is 15.0. The van der Waals surface area contributed by atoms with Crippen LogP contribution in [0.3, 0.4) is 0 Å². The van der Waals surface area contributed by atoms with Crippen molar-refractivity contribution in [2.75, 3.05) is 0 Å². The first-order chi connectivity index (χ1) is 14.4. The molecule has 10 heteroatoms. The molecule has 2 heterocycles. The molecule has 5 rings (SSSR count). The van der Waals surface area contributed by atoms with Gasteiger partial charge in [0.15, 0.2) is 11.5 Å². The van der Waals surface area contributed by atoms with Crippen molar-refractivity contribution in [2.24, 2.45) is 0 Å². The highest BCUT2D eigenvalue weighted by molar-refractivity contribution is 7.89. The fourth-order valence-corrected chi connectivity index (χ4v) is 4.17. The number of pyridine rings is 2. The van der Waals surface area contributed by atoms with Gasteiger partial charge in [-0.1, -0.05) is 24.3 Å². The van der Waals surface area contributed by atoms with E-state index in [0.717, 1.165) is 0 Å². The Balaban J connectivity index is 1.96. The highest BCUT2D eigenvalue weighted by Crippen LogP contribution is 2.40. The van der Waals surface area contributed by atoms with Crippen molar-refractivity contribution in [1.29, 1.82) is 0 Å². The summed E-state index contributed by atoms with van der Waals surface area (Å²) < 4.78 is 52.0. The Morgan fingerprint density at radius 2 is 1.23 bits per heavy atom. The van der Waals surface area contributed by atoms with Crippen LogP contribution in [0.2, 0.25) is 0 Å². The molecular weight excluding hydrogens is 428 g/mol. The van der Waals surface area contributed by atoms with Crippen LogP contribution in [0, 0.1) is 0 Å². The second kappa shape index (κ2) is 6.96. The van der Waals surface area contributed by atoms with Crippen LogP contribution in [0.15, 0.2) is 60.7 Å².